The van der Waals surface area contributed by atoms with Crippen molar-refractivity contribution in [1.82, 2.24) is 15.2 Å². The number of carbonyl (C=O) groups is 2. The molecule has 0 radical (unpaired) electrons. The molecule has 1 aliphatic heterocycles. The van der Waals surface area contributed by atoms with E-state index in [9.17, 15) is 9.59 Å². The van der Waals surface area contributed by atoms with Crippen LogP contribution in [0.25, 0.3) is 0 Å². The first kappa shape index (κ1) is 13.1. The average Bonchev–Trinajstić information content (AvgIpc) is 3.11. The molecule has 3 rings (SSSR count). The molecule has 20 heavy (non-hydrogen) atoms. The van der Waals surface area contributed by atoms with Crippen LogP contribution < -0.4 is 10.2 Å². The number of nitrogens with one attached hydrogen (secondary N) is 1. The lowest BCUT2D eigenvalue weighted by Gasteiger charge is -2.10. The summed E-state index contributed by atoms with van der Waals surface area (Å²) < 4.78 is 0. The molecule has 0 aromatic carbocycles. The molecule has 0 atom stereocenters. The Kier molecular flexibility index (Phi) is 3.70. The van der Waals surface area contributed by atoms with E-state index in [0.717, 1.165) is 6.42 Å². The molecule has 1 aliphatic rings. The molecule has 2 amide bonds. The zero-order valence-electron chi connectivity index (χ0n) is 10.4. The lowest BCUT2D eigenvalue weighted by molar-refractivity contribution is -0.117. The molecule has 1 N–H and O–H groups in total. The molecule has 0 saturated carbocycles. The number of hydrogen-bond acceptors (Lipinski definition) is 7. The maximum Gasteiger partial charge on any atom is 0.232 e. The van der Waals surface area contributed by atoms with Crippen molar-refractivity contribution in [3.8, 4) is 0 Å². The van der Waals surface area contributed by atoms with Gasteiger partial charge in [0.2, 0.25) is 16.9 Å². The zero-order valence-corrected chi connectivity index (χ0v) is 12.0. The number of anilines is 2. The Hall–Kier alpha value is -1.87. The Bertz CT molecular complexity index is 625. The zero-order chi connectivity index (χ0) is 13.9. The highest BCUT2D eigenvalue weighted by Crippen LogP contribution is 2.25. The lowest BCUT2D eigenvalue weighted by atomic mass is 10.3. The number of rotatable bonds is 4. The van der Waals surface area contributed by atoms with Crippen molar-refractivity contribution in [3.05, 3.63) is 16.6 Å². The molecule has 0 aliphatic carbocycles. The van der Waals surface area contributed by atoms with E-state index in [1.807, 2.05) is 0 Å². The van der Waals surface area contributed by atoms with Crippen molar-refractivity contribution in [2.75, 3.05) is 16.8 Å². The monoisotopic (exact) mass is 309 g/mol. The molecule has 1 fully saturated rings. The summed E-state index contributed by atoms with van der Waals surface area (Å²) in [6.07, 6.45) is 1.61. The number of aromatic nitrogens is 3. The van der Waals surface area contributed by atoms with Gasteiger partial charge in [-0.05, 0) is 6.42 Å². The normalized spacial score (nSPS) is 14.8. The molecule has 0 spiro atoms. The van der Waals surface area contributed by atoms with Gasteiger partial charge in [0.15, 0.2) is 5.13 Å². The summed E-state index contributed by atoms with van der Waals surface area (Å²) in [6.45, 7) is 0.711. The summed E-state index contributed by atoms with van der Waals surface area (Å²) in [5.74, 6) is -0.0874. The third-order valence-electron chi connectivity index (χ3n) is 2.79. The molecule has 7 nitrogen and oxygen atoms in total. The van der Waals surface area contributed by atoms with Gasteiger partial charge in [-0.3, -0.25) is 14.5 Å². The third-order valence-corrected chi connectivity index (χ3v) is 4.31. The van der Waals surface area contributed by atoms with Crippen LogP contribution in [0.2, 0.25) is 0 Å². The summed E-state index contributed by atoms with van der Waals surface area (Å²) in [7, 11) is 0. The maximum atomic E-state index is 11.8. The van der Waals surface area contributed by atoms with Crippen LogP contribution in [-0.4, -0.2) is 33.5 Å². The second-order valence-corrected chi connectivity index (χ2v) is 5.91. The van der Waals surface area contributed by atoms with E-state index in [-0.39, 0.29) is 18.2 Å². The second-order valence-electron chi connectivity index (χ2n) is 4.24. The summed E-state index contributed by atoms with van der Waals surface area (Å²) in [5.41, 5.74) is 2.21. The molecule has 0 bridgehead atoms. The molecular formula is C11H11N5O2S2. The molecule has 104 valence electrons. The summed E-state index contributed by atoms with van der Waals surface area (Å²) in [5, 5.41) is 13.0. The van der Waals surface area contributed by atoms with Crippen LogP contribution in [0.4, 0.5) is 10.3 Å². The van der Waals surface area contributed by atoms with Gasteiger partial charge in [0.25, 0.3) is 0 Å². The predicted molar refractivity (Wildman–Crippen MR) is 75.9 cm³/mol. The Morgan fingerprint density at radius 2 is 2.35 bits per heavy atom. The number of amides is 2. The van der Waals surface area contributed by atoms with Gasteiger partial charge in [0.1, 0.15) is 5.51 Å². The fourth-order valence-electron chi connectivity index (χ4n) is 1.91. The van der Waals surface area contributed by atoms with Crippen LogP contribution in [0.1, 0.15) is 18.5 Å². The van der Waals surface area contributed by atoms with Gasteiger partial charge in [-0.15, -0.1) is 21.5 Å². The van der Waals surface area contributed by atoms with Crippen molar-refractivity contribution in [2.45, 2.75) is 19.3 Å². The van der Waals surface area contributed by atoms with E-state index in [1.165, 1.54) is 22.7 Å². The minimum absolute atomic E-state index is 0.101. The van der Waals surface area contributed by atoms with E-state index in [4.69, 9.17) is 0 Å². The van der Waals surface area contributed by atoms with Crippen molar-refractivity contribution >= 4 is 44.8 Å². The van der Waals surface area contributed by atoms with Crippen LogP contribution in [0.15, 0.2) is 10.9 Å². The van der Waals surface area contributed by atoms with Crippen molar-refractivity contribution in [3.63, 3.8) is 0 Å². The fraction of sp³-hybridized carbons (Fsp3) is 0.364. The summed E-state index contributed by atoms with van der Waals surface area (Å²) >= 11 is 2.65. The average molecular weight is 309 g/mol. The Labute approximate surface area is 122 Å². The van der Waals surface area contributed by atoms with Gasteiger partial charge in [-0.25, -0.2) is 4.98 Å². The van der Waals surface area contributed by atoms with Gasteiger partial charge < -0.3 is 5.32 Å². The Morgan fingerprint density at radius 3 is 3.05 bits per heavy atom. The largest absolute Gasteiger partial charge is 0.300 e. The fourth-order valence-corrected chi connectivity index (χ4v) is 3.24. The van der Waals surface area contributed by atoms with Crippen LogP contribution in [0.5, 0.6) is 0 Å². The lowest BCUT2D eigenvalue weighted by Crippen LogP contribution is -2.23. The Morgan fingerprint density at radius 1 is 1.45 bits per heavy atom. The molecule has 0 unspecified atom stereocenters. The van der Waals surface area contributed by atoms with Crippen molar-refractivity contribution < 1.29 is 9.59 Å². The highest BCUT2D eigenvalue weighted by atomic mass is 32.1. The van der Waals surface area contributed by atoms with E-state index in [2.05, 4.69) is 20.5 Å². The van der Waals surface area contributed by atoms with E-state index in [0.29, 0.717) is 28.9 Å². The number of nitrogens with zero attached hydrogens (tertiary/aromatic N) is 4. The molecule has 9 heteroatoms. The van der Waals surface area contributed by atoms with Crippen LogP contribution in [0.3, 0.4) is 0 Å². The SMILES string of the molecule is O=C(Cc1csc(N2CCCC2=O)n1)Nc1nncs1. The first-order chi connectivity index (χ1) is 9.72. The van der Waals surface area contributed by atoms with Crippen LogP contribution in [-0.2, 0) is 16.0 Å². The van der Waals surface area contributed by atoms with Crippen molar-refractivity contribution in [2.24, 2.45) is 0 Å². The number of carbonyl (C=O) groups excluding carboxylic acids is 2. The topological polar surface area (TPSA) is 88.1 Å². The number of hydrogen-bond donors (Lipinski definition) is 1. The van der Waals surface area contributed by atoms with E-state index in [1.54, 1.807) is 15.8 Å². The third kappa shape index (κ3) is 2.83. The first-order valence-electron chi connectivity index (χ1n) is 6.03. The van der Waals surface area contributed by atoms with Crippen LogP contribution >= 0.6 is 22.7 Å². The highest BCUT2D eigenvalue weighted by Gasteiger charge is 2.24. The molecular weight excluding hydrogens is 298 g/mol. The molecule has 1 saturated heterocycles. The second kappa shape index (κ2) is 5.63. The quantitative estimate of drug-likeness (QED) is 0.919. The van der Waals surface area contributed by atoms with Gasteiger partial charge in [-0.1, -0.05) is 11.3 Å². The van der Waals surface area contributed by atoms with Gasteiger partial charge >= 0.3 is 0 Å². The maximum absolute atomic E-state index is 11.8. The Balaban J connectivity index is 1.62. The van der Waals surface area contributed by atoms with E-state index >= 15 is 0 Å². The van der Waals surface area contributed by atoms with Gasteiger partial charge in [-0.2, -0.15) is 0 Å². The predicted octanol–water partition coefficient (Wildman–Crippen LogP) is 1.30. The highest BCUT2D eigenvalue weighted by molar-refractivity contribution is 7.14. The summed E-state index contributed by atoms with van der Waals surface area (Å²) in [6, 6.07) is 0. The van der Waals surface area contributed by atoms with Crippen LogP contribution in [0, 0.1) is 0 Å². The molecule has 2 aromatic rings. The van der Waals surface area contributed by atoms with Crippen molar-refractivity contribution in [1.29, 1.82) is 0 Å². The van der Waals surface area contributed by atoms with Gasteiger partial charge in [0, 0.05) is 18.3 Å². The molecule has 2 aromatic heterocycles. The smallest absolute Gasteiger partial charge is 0.232 e. The first-order valence-corrected chi connectivity index (χ1v) is 7.79. The van der Waals surface area contributed by atoms with E-state index < -0.39 is 0 Å². The minimum atomic E-state index is -0.189. The molecule has 3 heterocycles. The number of thiazole rings is 1. The summed E-state index contributed by atoms with van der Waals surface area (Å²) in [4.78, 5) is 29.4. The minimum Gasteiger partial charge on any atom is -0.300 e. The standard InChI is InChI=1S/C11H11N5O2S2/c17-8(14-10-15-12-6-20-10)4-7-5-19-11(13-7)16-3-1-2-9(16)18/h5-6H,1-4H2,(H,14,15,17). The van der Waals surface area contributed by atoms with Gasteiger partial charge in [0.05, 0.1) is 12.1 Å².